The van der Waals surface area contributed by atoms with Crippen LogP contribution in [0.5, 0.6) is 5.75 Å². The fourth-order valence-corrected chi connectivity index (χ4v) is 3.10. The monoisotopic (exact) mass is 355 g/mol. The van der Waals surface area contributed by atoms with E-state index in [9.17, 15) is 14.7 Å². The number of carbonyl (C=O) groups is 2. The summed E-state index contributed by atoms with van der Waals surface area (Å²) in [7, 11) is 1.53. The summed E-state index contributed by atoms with van der Waals surface area (Å²) in [5.41, 5.74) is 0.548. The van der Waals surface area contributed by atoms with Crippen LogP contribution >= 0.6 is 15.9 Å². The van der Waals surface area contributed by atoms with Crippen molar-refractivity contribution in [3.05, 3.63) is 22.7 Å². The Balaban J connectivity index is 2.16. The van der Waals surface area contributed by atoms with Crippen LogP contribution in [0.2, 0.25) is 0 Å². The van der Waals surface area contributed by atoms with Gasteiger partial charge < -0.3 is 15.2 Å². The molecule has 0 unspecified atom stereocenters. The SMILES string of the molecule is COc1ccc(Br)cc1NC(=O)[C@@H]1CCCC[C@@H]1C(=O)O. The number of halogens is 1. The molecule has 0 bridgehead atoms. The number of hydrogen-bond acceptors (Lipinski definition) is 3. The van der Waals surface area contributed by atoms with E-state index in [1.165, 1.54) is 7.11 Å². The third kappa shape index (κ3) is 3.75. The molecule has 21 heavy (non-hydrogen) atoms. The molecule has 2 atom stereocenters. The minimum Gasteiger partial charge on any atom is -0.495 e. The summed E-state index contributed by atoms with van der Waals surface area (Å²) in [6.45, 7) is 0. The maximum absolute atomic E-state index is 12.4. The van der Waals surface area contributed by atoms with Crippen LogP contribution in [0, 0.1) is 11.8 Å². The molecule has 0 aromatic heterocycles. The van der Waals surface area contributed by atoms with Gasteiger partial charge in [0.2, 0.25) is 5.91 Å². The molecule has 0 heterocycles. The first-order valence-electron chi connectivity index (χ1n) is 6.90. The van der Waals surface area contributed by atoms with Crippen molar-refractivity contribution in [2.45, 2.75) is 25.7 Å². The van der Waals surface area contributed by atoms with Crippen LogP contribution in [0.15, 0.2) is 22.7 Å². The second kappa shape index (κ2) is 6.93. The van der Waals surface area contributed by atoms with Crippen LogP contribution in [0.3, 0.4) is 0 Å². The van der Waals surface area contributed by atoms with Gasteiger partial charge in [0.15, 0.2) is 0 Å². The molecular formula is C15H18BrNO4. The molecule has 1 amide bonds. The predicted octanol–water partition coefficient (Wildman–Crippen LogP) is 3.29. The van der Waals surface area contributed by atoms with Gasteiger partial charge in [-0.05, 0) is 31.0 Å². The first-order chi connectivity index (χ1) is 10.0. The average molecular weight is 356 g/mol. The maximum atomic E-state index is 12.4. The number of benzene rings is 1. The summed E-state index contributed by atoms with van der Waals surface area (Å²) in [5.74, 6) is -1.68. The lowest BCUT2D eigenvalue weighted by atomic mass is 9.78. The largest absolute Gasteiger partial charge is 0.495 e. The topological polar surface area (TPSA) is 75.6 Å². The van der Waals surface area contributed by atoms with E-state index in [-0.39, 0.29) is 5.91 Å². The molecule has 0 radical (unpaired) electrons. The van der Waals surface area contributed by atoms with E-state index in [1.54, 1.807) is 12.1 Å². The molecule has 2 N–H and O–H groups in total. The molecule has 0 spiro atoms. The molecule has 1 saturated carbocycles. The van der Waals surface area contributed by atoms with Crippen LogP contribution in [0.1, 0.15) is 25.7 Å². The Morgan fingerprint density at radius 3 is 2.57 bits per heavy atom. The van der Waals surface area contributed by atoms with Crippen molar-refractivity contribution < 1.29 is 19.4 Å². The minimum atomic E-state index is -0.893. The van der Waals surface area contributed by atoms with E-state index in [2.05, 4.69) is 21.2 Å². The molecule has 1 aromatic carbocycles. The number of ether oxygens (including phenoxy) is 1. The van der Waals surface area contributed by atoms with Gasteiger partial charge >= 0.3 is 5.97 Å². The average Bonchev–Trinajstić information content (AvgIpc) is 2.47. The molecule has 1 aliphatic carbocycles. The van der Waals surface area contributed by atoms with Crippen LogP contribution in [-0.2, 0) is 9.59 Å². The number of anilines is 1. The molecular weight excluding hydrogens is 338 g/mol. The van der Waals surface area contributed by atoms with Gasteiger partial charge in [-0.3, -0.25) is 9.59 Å². The van der Waals surface area contributed by atoms with Crippen molar-refractivity contribution in [3.63, 3.8) is 0 Å². The van der Waals surface area contributed by atoms with E-state index in [4.69, 9.17) is 4.74 Å². The van der Waals surface area contributed by atoms with Gasteiger partial charge in [-0.25, -0.2) is 0 Å². The van der Waals surface area contributed by atoms with Crippen LogP contribution in [0.4, 0.5) is 5.69 Å². The van der Waals surface area contributed by atoms with Gasteiger partial charge in [0, 0.05) is 4.47 Å². The highest BCUT2D eigenvalue weighted by Crippen LogP contribution is 2.33. The van der Waals surface area contributed by atoms with E-state index >= 15 is 0 Å². The van der Waals surface area contributed by atoms with Crippen molar-refractivity contribution in [1.29, 1.82) is 0 Å². The highest BCUT2D eigenvalue weighted by molar-refractivity contribution is 9.10. The summed E-state index contributed by atoms with van der Waals surface area (Å²) in [4.78, 5) is 23.7. The van der Waals surface area contributed by atoms with Gasteiger partial charge in [0.1, 0.15) is 5.75 Å². The van der Waals surface area contributed by atoms with E-state index in [0.29, 0.717) is 24.3 Å². The molecule has 0 aliphatic heterocycles. The zero-order valence-corrected chi connectivity index (χ0v) is 13.4. The number of aliphatic carboxylic acids is 1. The van der Waals surface area contributed by atoms with Gasteiger partial charge in [0.05, 0.1) is 24.6 Å². The zero-order chi connectivity index (χ0) is 15.4. The van der Waals surface area contributed by atoms with Gasteiger partial charge in [-0.2, -0.15) is 0 Å². The molecule has 1 aromatic rings. The number of methoxy groups -OCH3 is 1. The van der Waals surface area contributed by atoms with Crippen molar-refractivity contribution in [3.8, 4) is 5.75 Å². The van der Waals surface area contributed by atoms with Crippen LogP contribution in [-0.4, -0.2) is 24.1 Å². The standard InChI is InChI=1S/C15H18BrNO4/c1-21-13-7-6-9(16)8-12(13)17-14(18)10-4-2-3-5-11(10)15(19)20/h6-8,10-11H,2-5H2,1H3,(H,17,18)(H,19,20)/t10-,11+/m1/s1. The van der Waals surface area contributed by atoms with Gasteiger partial charge in [-0.1, -0.05) is 28.8 Å². The number of amides is 1. The first kappa shape index (κ1) is 15.8. The zero-order valence-electron chi connectivity index (χ0n) is 11.8. The second-order valence-electron chi connectivity index (χ2n) is 5.17. The first-order valence-corrected chi connectivity index (χ1v) is 7.69. The fourth-order valence-electron chi connectivity index (χ4n) is 2.74. The molecule has 5 nitrogen and oxygen atoms in total. The van der Waals surface area contributed by atoms with Crippen molar-refractivity contribution in [2.75, 3.05) is 12.4 Å². The number of carboxylic acid groups (broad SMARTS) is 1. The lowest BCUT2D eigenvalue weighted by Crippen LogP contribution is -2.36. The number of carboxylic acids is 1. The summed E-state index contributed by atoms with van der Waals surface area (Å²) in [5, 5.41) is 12.1. The van der Waals surface area contributed by atoms with Gasteiger partial charge in [-0.15, -0.1) is 0 Å². The van der Waals surface area contributed by atoms with Gasteiger partial charge in [0.25, 0.3) is 0 Å². The highest BCUT2D eigenvalue weighted by atomic mass is 79.9. The smallest absolute Gasteiger partial charge is 0.307 e. The Hall–Kier alpha value is -1.56. The summed E-state index contributed by atoms with van der Waals surface area (Å²) >= 11 is 3.35. The van der Waals surface area contributed by atoms with Crippen molar-refractivity contribution in [2.24, 2.45) is 11.8 Å². The van der Waals surface area contributed by atoms with E-state index in [0.717, 1.165) is 17.3 Å². The Kier molecular flexibility index (Phi) is 5.22. The predicted molar refractivity (Wildman–Crippen MR) is 82.4 cm³/mol. The Morgan fingerprint density at radius 1 is 1.29 bits per heavy atom. The molecule has 0 saturated heterocycles. The Labute approximate surface area is 131 Å². The molecule has 1 fully saturated rings. The Morgan fingerprint density at radius 2 is 1.95 bits per heavy atom. The molecule has 114 valence electrons. The second-order valence-corrected chi connectivity index (χ2v) is 6.09. The summed E-state index contributed by atoms with van der Waals surface area (Å²) < 4.78 is 6.03. The maximum Gasteiger partial charge on any atom is 0.307 e. The number of carbonyl (C=O) groups excluding carboxylic acids is 1. The normalized spacial score (nSPS) is 21.6. The number of nitrogens with one attached hydrogen (secondary N) is 1. The minimum absolute atomic E-state index is 0.251. The van der Waals surface area contributed by atoms with Crippen LogP contribution in [0.25, 0.3) is 0 Å². The lowest BCUT2D eigenvalue weighted by molar-refractivity contribution is -0.147. The number of hydrogen-bond donors (Lipinski definition) is 2. The third-order valence-corrected chi connectivity index (χ3v) is 4.33. The molecule has 6 heteroatoms. The quantitative estimate of drug-likeness (QED) is 0.868. The van der Waals surface area contributed by atoms with Crippen molar-refractivity contribution >= 4 is 33.5 Å². The summed E-state index contributed by atoms with van der Waals surface area (Å²) in [6, 6.07) is 5.31. The highest BCUT2D eigenvalue weighted by Gasteiger charge is 2.35. The van der Waals surface area contributed by atoms with Crippen LogP contribution < -0.4 is 10.1 Å². The van der Waals surface area contributed by atoms with Crippen molar-refractivity contribution in [1.82, 2.24) is 0 Å². The summed E-state index contributed by atoms with van der Waals surface area (Å²) in [6.07, 6.45) is 2.92. The van der Waals surface area contributed by atoms with E-state index < -0.39 is 17.8 Å². The lowest BCUT2D eigenvalue weighted by Gasteiger charge is -2.27. The Bertz CT molecular complexity index is 546. The number of rotatable bonds is 4. The molecule has 1 aliphatic rings. The van der Waals surface area contributed by atoms with E-state index in [1.807, 2.05) is 6.07 Å². The third-order valence-electron chi connectivity index (χ3n) is 3.84. The fraction of sp³-hybridized carbons (Fsp3) is 0.467. The molecule has 2 rings (SSSR count).